The van der Waals surface area contributed by atoms with E-state index < -0.39 is 40.8 Å². The second-order valence-corrected chi connectivity index (χ2v) is 7.61. The quantitative estimate of drug-likeness (QED) is 0.274. The van der Waals surface area contributed by atoms with Gasteiger partial charge in [0.25, 0.3) is 0 Å². The van der Waals surface area contributed by atoms with Gasteiger partial charge in [0.05, 0.1) is 17.3 Å². The van der Waals surface area contributed by atoms with Crippen LogP contribution in [0.25, 0.3) is 0 Å². The van der Waals surface area contributed by atoms with Gasteiger partial charge in [0.1, 0.15) is 19.1 Å². The van der Waals surface area contributed by atoms with Crippen molar-refractivity contribution < 1.29 is 29.0 Å². The number of aliphatic hydroxyl groups excluding tert-OH is 1. The van der Waals surface area contributed by atoms with Crippen LogP contribution in [0.3, 0.4) is 0 Å². The Morgan fingerprint density at radius 3 is 2.61 bits per heavy atom. The third-order valence-corrected chi connectivity index (χ3v) is 5.10. The number of halogens is 1. The highest BCUT2D eigenvalue weighted by Gasteiger charge is 2.40. The first-order valence-corrected chi connectivity index (χ1v) is 10.2. The highest BCUT2D eigenvalue weighted by atomic mass is 35.5. The molecule has 0 radical (unpaired) electrons. The van der Waals surface area contributed by atoms with Crippen molar-refractivity contribution >= 4 is 52.4 Å². The van der Waals surface area contributed by atoms with Crippen LogP contribution in [0.2, 0.25) is 5.02 Å². The fraction of sp³-hybridized carbons (Fsp3) is 0.333. The largest absolute Gasteiger partial charge is 0.501 e. The molecule has 1 aliphatic rings. The predicted molar refractivity (Wildman–Crippen MR) is 120 cm³/mol. The van der Waals surface area contributed by atoms with Crippen molar-refractivity contribution in [2.75, 3.05) is 25.1 Å². The Bertz CT molecular complexity index is 891. The molecule has 8 nitrogen and oxygen atoms in total. The summed E-state index contributed by atoms with van der Waals surface area (Å²) in [6, 6.07) is 3.74. The van der Waals surface area contributed by atoms with Gasteiger partial charge < -0.3 is 25.2 Å². The fourth-order valence-electron chi connectivity index (χ4n) is 3.17. The van der Waals surface area contributed by atoms with Gasteiger partial charge in [0.2, 0.25) is 5.91 Å². The molecule has 3 N–H and O–H groups in total. The summed E-state index contributed by atoms with van der Waals surface area (Å²) in [6.07, 6.45) is 3.05. The molecule has 1 saturated heterocycles. The van der Waals surface area contributed by atoms with Crippen LogP contribution in [0.4, 0.5) is 5.69 Å². The topological polar surface area (TPSA) is 114 Å². The summed E-state index contributed by atoms with van der Waals surface area (Å²) in [5.41, 5.74) is 0.327. The number of ether oxygens (including phenoxy) is 2. The molecule has 31 heavy (non-hydrogen) atoms. The van der Waals surface area contributed by atoms with Gasteiger partial charge in [-0.15, -0.1) is 0 Å². The molecule has 0 aliphatic carbocycles. The summed E-state index contributed by atoms with van der Waals surface area (Å²) in [5.74, 6) is -3.24. The maximum Gasteiger partial charge on any atom is 0.340 e. The van der Waals surface area contributed by atoms with E-state index in [2.05, 4.69) is 23.8 Å². The SMILES string of the molecule is C=CCOC(=O)c1cc(Cl)ccc1NC(=O)C1C[C@@H]([C@@H](C(=O)OCC=C)C(O)=S)CN1. The Morgan fingerprint density at radius 2 is 1.97 bits per heavy atom. The Balaban J connectivity index is 2.09. The summed E-state index contributed by atoms with van der Waals surface area (Å²) in [5, 5.41) is 15.3. The van der Waals surface area contributed by atoms with Crippen LogP contribution in [-0.2, 0) is 19.1 Å². The molecule has 1 unspecified atom stereocenters. The van der Waals surface area contributed by atoms with Gasteiger partial charge in [-0.25, -0.2) is 4.79 Å². The second-order valence-electron chi connectivity index (χ2n) is 6.76. The van der Waals surface area contributed by atoms with Crippen molar-refractivity contribution in [2.24, 2.45) is 11.8 Å². The third kappa shape index (κ3) is 6.61. The Labute approximate surface area is 190 Å². The van der Waals surface area contributed by atoms with E-state index in [9.17, 15) is 19.5 Å². The molecule has 1 aliphatic heterocycles. The van der Waals surface area contributed by atoms with E-state index in [1.807, 2.05) is 0 Å². The standard InChI is InChI=1S/C21H23ClN2O6S/c1-3-7-29-19(26)14-10-13(22)5-6-15(14)24-18(25)16-9-12(11-23-16)17(21(28)31)20(27)30-8-4-2/h3-6,10,12,16-17,23H,1-2,7-9,11H2,(H,24,25)(H,28,31)/t12-,16?,17+/m1/s1. The highest BCUT2D eigenvalue weighted by Crippen LogP contribution is 2.27. The van der Waals surface area contributed by atoms with Gasteiger partial charge in [-0.3, -0.25) is 9.59 Å². The van der Waals surface area contributed by atoms with E-state index >= 15 is 0 Å². The summed E-state index contributed by atoms with van der Waals surface area (Å²) >= 11 is 10.8. The molecule has 0 aromatic heterocycles. The summed E-state index contributed by atoms with van der Waals surface area (Å²) in [6.45, 7) is 7.21. The minimum absolute atomic E-state index is 0.00893. The molecule has 1 heterocycles. The Hall–Kier alpha value is -2.75. The zero-order valence-corrected chi connectivity index (χ0v) is 18.2. The van der Waals surface area contributed by atoms with E-state index in [-0.39, 0.29) is 37.4 Å². The lowest BCUT2D eigenvalue weighted by Crippen LogP contribution is -2.35. The molecule has 3 atom stereocenters. The number of esters is 2. The molecule has 0 bridgehead atoms. The average molecular weight is 467 g/mol. The Morgan fingerprint density at radius 1 is 1.29 bits per heavy atom. The minimum Gasteiger partial charge on any atom is -0.501 e. The molecular weight excluding hydrogens is 444 g/mol. The lowest BCUT2D eigenvalue weighted by atomic mass is 9.90. The molecule has 0 saturated carbocycles. The third-order valence-electron chi connectivity index (χ3n) is 4.61. The lowest BCUT2D eigenvalue weighted by molar-refractivity contribution is -0.146. The monoisotopic (exact) mass is 466 g/mol. The number of hydrogen-bond donors (Lipinski definition) is 3. The molecule has 2 rings (SSSR count). The number of carbonyl (C=O) groups is 3. The molecular formula is C21H23ClN2O6S. The van der Waals surface area contributed by atoms with E-state index in [0.717, 1.165) is 0 Å². The molecule has 1 aromatic rings. The first-order chi connectivity index (χ1) is 14.8. The maximum absolute atomic E-state index is 12.8. The van der Waals surface area contributed by atoms with Gasteiger partial charge in [0, 0.05) is 11.6 Å². The van der Waals surface area contributed by atoms with E-state index in [1.165, 1.54) is 30.4 Å². The maximum atomic E-state index is 12.8. The van der Waals surface area contributed by atoms with Crippen molar-refractivity contribution in [1.82, 2.24) is 5.32 Å². The van der Waals surface area contributed by atoms with Crippen LogP contribution < -0.4 is 10.6 Å². The van der Waals surface area contributed by atoms with Gasteiger partial charge in [-0.1, -0.05) is 36.9 Å². The van der Waals surface area contributed by atoms with Crippen molar-refractivity contribution in [3.05, 3.63) is 54.1 Å². The number of amides is 1. The van der Waals surface area contributed by atoms with Gasteiger partial charge >= 0.3 is 11.9 Å². The fourth-order valence-corrected chi connectivity index (χ4v) is 3.63. The first kappa shape index (κ1) is 24.5. The van der Waals surface area contributed by atoms with Crippen LogP contribution in [0.1, 0.15) is 16.8 Å². The van der Waals surface area contributed by atoms with Gasteiger partial charge in [0.15, 0.2) is 5.05 Å². The summed E-state index contributed by atoms with van der Waals surface area (Å²) < 4.78 is 10.0. The summed E-state index contributed by atoms with van der Waals surface area (Å²) in [7, 11) is 0. The first-order valence-electron chi connectivity index (χ1n) is 9.40. The van der Waals surface area contributed by atoms with Crippen LogP contribution in [-0.4, -0.2) is 53.8 Å². The number of hydrogen-bond acceptors (Lipinski definition) is 7. The van der Waals surface area contributed by atoms with Crippen molar-refractivity contribution in [2.45, 2.75) is 12.5 Å². The molecule has 166 valence electrons. The summed E-state index contributed by atoms with van der Waals surface area (Å²) in [4.78, 5) is 37.2. The normalized spacial score (nSPS) is 18.5. The van der Waals surface area contributed by atoms with Crippen molar-refractivity contribution in [3.63, 3.8) is 0 Å². The van der Waals surface area contributed by atoms with Crippen LogP contribution in [0, 0.1) is 11.8 Å². The average Bonchev–Trinajstić information content (AvgIpc) is 3.21. The predicted octanol–water partition coefficient (Wildman–Crippen LogP) is 2.83. The zero-order valence-electron chi connectivity index (χ0n) is 16.6. The molecule has 10 heteroatoms. The second kappa shape index (κ2) is 11.6. The van der Waals surface area contributed by atoms with Gasteiger partial charge in [-0.2, -0.15) is 0 Å². The minimum atomic E-state index is -1.04. The van der Waals surface area contributed by atoms with Crippen LogP contribution >= 0.6 is 23.8 Å². The number of thiocarbonyl (C=S) groups is 1. The highest BCUT2D eigenvalue weighted by molar-refractivity contribution is 7.80. The van der Waals surface area contributed by atoms with Crippen LogP contribution in [0.5, 0.6) is 0 Å². The smallest absolute Gasteiger partial charge is 0.340 e. The van der Waals surface area contributed by atoms with E-state index in [1.54, 1.807) is 0 Å². The molecule has 1 fully saturated rings. The number of benzene rings is 1. The van der Waals surface area contributed by atoms with Crippen molar-refractivity contribution in [1.29, 1.82) is 0 Å². The number of rotatable bonds is 10. The van der Waals surface area contributed by atoms with Crippen LogP contribution in [0.15, 0.2) is 43.5 Å². The zero-order chi connectivity index (χ0) is 23.0. The number of aliphatic hydroxyl groups is 1. The number of carbonyl (C=O) groups excluding carboxylic acids is 3. The molecule has 0 spiro atoms. The number of nitrogens with one attached hydrogen (secondary N) is 2. The Kier molecular flexibility index (Phi) is 9.17. The van der Waals surface area contributed by atoms with E-state index in [4.69, 9.17) is 33.3 Å². The lowest BCUT2D eigenvalue weighted by Gasteiger charge is -2.19. The molecule has 1 aromatic carbocycles. The number of anilines is 1. The van der Waals surface area contributed by atoms with Gasteiger partial charge in [-0.05, 0) is 42.8 Å². The molecule has 1 amide bonds. The van der Waals surface area contributed by atoms with Crippen molar-refractivity contribution in [3.8, 4) is 0 Å². The van der Waals surface area contributed by atoms with E-state index in [0.29, 0.717) is 5.02 Å².